The van der Waals surface area contributed by atoms with E-state index in [0.717, 1.165) is 18.8 Å². The van der Waals surface area contributed by atoms with Crippen LogP contribution in [0.15, 0.2) is 24.3 Å². The van der Waals surface area contributed by atoms with Crippen LogP contribution in [-0.4, -0.2) is 25.0 Å². The normalized spacial score (nSPS) is 17.2. The summed E-state index contributed by atoms with van der Waals surface area (Å²) in [5.74, 6) is 7.08. The minimum Gasteiger partial charge on any atom is -0.306 e. The fourth-order valence-electron chi connectivity index (χ4n) is 2.54. The highest BCUT2D eigenvalue weighted by Gasteiger charge is 2.17. The quantitative estimate of drug-likeness (QED) is 0.717. The summed E-state index contributed by atoms with van der Waals surface area (Å²) in [5.41, 5.74) is 2.85. The van der Waals surface area contributed by atoms with Gasteiger partial charge >= 0.3 is 0 Å². The second kappa shape index (κ2) is 6.61. The fourth-order valence-corrected chi connectivity index (χ4v) is 2.54. The van der Waals surface area contributed by atoms with E-state index in [9.17, 15) is 0 Å². The molecule has 1 heteroatoms. The molecular weight excluding hydrogens is 218 g/mol. The molecule has 1 heterocycles. The van der Waals surface area contributed by atoms with Gasteiger partial charge in [0, 0.05) is 12.8 Å². The summed E-state index contributed by atoms with van der Waals surface area (Å²) in [4.78, 5) is 2.42. The summed E-state index contributed by atoms with van der Waals surface area (Å²) >= 11 is 0. The van der Waals surface area contributed by atoms with E-state index in [-0.39, 0.29) is 0 Å². The Morgan fingerprint density at radius 1 is 1.11 bits per heavy atom. The Morgan fingerprint density at radius 2 is 1.78 bits per heavy atom. The van der Waals surface area contributed by atoms with Crippen molar-refractivity contribution in [2.24, 2.45) is 0 Å². The first-order valence-electron chi connectivity index (χ1n) is 7.02. The zero-order valence-electron chi connectivity index (χ0n) is 11.6. The molecule has 0 bridgehead atoms. The third-order valence-corrected chi connectivity index (χ3v) is 3.76. The predicted molar refractivity (Wildman–Crippen MR) is 77.7 cm³/mol. The van der Waals surface area contributed by atoms with Crippen molar-refractivity contribution in [1.82, 2.24) is 4.90 Å². The largest absolute Gasteiger partial charge is 0.306 e. The molecule has 0 aromatic heterocycles. The van der Waals surface area contributed by atoms with Crippen molar-refractivity contribution >= 4 is 0 Å². The molecule has 2 rings (SSSR count). The van der Waals surface area contributed by atoms with E-state index in [1.165, 1.54) is 37.1 Å². The molecule has 1 aliphatic rings. The molecule has 1 nitrogen and oxygen atoms in total. The van der Waals surface area contributed by atoms with Crippen LogP contribution in [-0.2, 0) is 6.42 Å². The van der Waals surface area contributed by atoms with Crippen molar-refractivity contribution in [2.45, 2.75) is 38.5 Å². The maximum Gasteiger partial charge on any atom is 0.0340 e. The highest BCUT2D eigenvalue weighted by Crippen LogP contribution is 2.27. The molecule has 1 aliphatic heterocycles. The summed E-state index contributed by atoms with van der Waals surface area (Å²) in [6, 6.07) is 9.11. The lowest BCUT2D eigenvalue weighted by molar-refractivity contribution is 0.255. The van der Waals surface area contributed by atoms with Gasteiger partial charge in [-0.05, 0) is 50.0 Å². The summed E-state index contributed by atoms with van der Waals surface area (Å²) in [7, 11) is 2.21. The van der Waals surface area contributed by atoms with E-state index in [1.807, 2.05) is 0 Å². The molecule has 0 saturated carbocycles. The highest BCUT2D eigenvalue weighted by atomic mass is 15.1. The molecule has 0 aliphatic carbocycles. The topological polar surface area (TPSA) is 3.24 Å². The molecule has 0 amide bonds. The Bertz CT molecular complexity index is 413. The van der Waals surface area contributed by atoms with Gasteiger partial charge in [0.1, 0.15) is 0 Å². The monoisotopic (exact) mass is 241 g/mol. The predicted octanol–water partition coefficient (Wildman–Crippen LogP) is 3.45. The van der Waals surface area contributed by atoms with Gasteiger partial charge in [0.15, 0.2) is 0 Å². The number of hydrogen-bond donors (Lipinski definition) is 0. The van der Waals surface area contributed by atoms with Crippen LogP contribution in [0.1, 0.15) is 43.2 Å². The van der Waals surface area contributed by atoms with Crippen molar-refractivity contribution in [2.75, 3.05) is 20.1 Å². The lowest BCUT2D eigenvalue weighted by Gasteiger charge is -2.29. The average Bonchev–Trinajstić information content (AvgIpc) is 2.41. The first-order valence-corrected chi connectivity index (χ1v) is 7.02. The Balaban J connectivity index is 1.95. The molecule has 0 unspecified atom stereocenters. The highest BCUT2D eigenvalue weighted by molar-refractivity contribution is 5.28. The smallest absolute Gasteiger partial charge is 0.0340 e. The van der Waals surface area contributed by atoms with Crippen molar-refractivity contribution in [3.05, 3.63) is 35.4 Å². The van der Waals surface area contributed by atoms with Crippen LogP contribution in [0.4, 0.5) is 0 Å². The number of likely N-dealkylation sites (tertiary alicyclic amines) is 1. The Labute approximate surface area is 111 Å². The van der Waals surface area contributed by atoms with Crippen LogP contribution in [0, 0.1) is 11.8 Å². The second-order valence-electron chi connectivity index (χ2n) is 5.20. The SMILES string of the molecule is CCC#CCc1ccc(C2CCN(C)CC2)cc1. The molecule has 0 spiro atoms. The minimum absolute atomic E-state index is 0.761. The van der Waals surface area contributed by atoms with Crippen LogP contribution in [0.2, 0.25) is 0 Å². The summed E-state index contributed by atoms with van der Waals surface area (Å²) < 4.78 is 0. The van der Waals surface area contributed by atoms with E-state index < -0.39 is 0 Å². The number of nitrogens with zero attached hydrogens (tertiary/aromatic N) is 1. The van der Waals surface area contributed by atoms with E-state index >= 15 is 0 Å². The molecule has 96 valence electrons. The summed E-state index contributed by atoms with van der Waals surface area (Å²) in [6.07, 6.45) is 4.44. The minimum atomic E-state index is 0.761. The maximum absolute atomic E-state index is 3.20. The molecule has 18 heavy (non-hydrogen) atoms. The first kappa shape index (κ1) is 13.2. The van der Waals surface area contributed by atoms with Crippen molar-refractivity contribution in [3.8, 4) is 11.8 Å². The molecule has 0 radical (unpaired) electrons. The summed E-state index contributed by atoms with van der Waals surface area (Å²) in [6.45, 7) is 4.55. The van der Waals surface area contributed by atoms with E-state index in [4.69, 9.17) is 0 Å². The van der Waals surface area contributed by atoms with Gasteiger partial charge in [0.05, 0.1) is 0 Å². The van der Waals surface area contributed by atoms with Crippen LogP contribution < -0.4 is 0 Å². The average molecular weight is 241 g/mol. The molecular formula is C17H23N. The number of benzene rings is 1. The van der Waals surface area contributed by atoms with Crippen molar-refractivity contribution < 1.29 is 0 Å². The Kier molecular flexibility index (Phi) is 4.84. The van der Waals surface area contributed by atoms with Gasteiger partial charge in [0.2, 0.25) is 0 Å². The van der Waals surface area contributed by atoms with Gasteiger partial charge in [-0.3, -0.25) is 0 Å². The van der Waals surface area contributed by atoms with E-state index in [1.54, 1.807) is 0 Å². The maximum atomic E-state index is 3.20. The van der Waals surface area contributed by atoms with Gasteiger partial charge in [-0.25, -0.2) is 0 Å². The van der Waals surface area contributed by atoms with Crippen molar-refractivity contribution in [3.63, 3.8) is 0 Å². The Morgan fingerprint density at radius 3 is 2.39 bits per heavy atom. The zero-order chi connectivity index (χ0) is 12.8. The molecule has 1 aromatic rings. The van der Waals surface area contributed by atoms with Crippen molar-refractivity contribution in [1.29, 1.82) is 0 Å². The lowest BCUT2D eigenvalue weighted by Crippen LogP contribution is -2.29. The third kappa shape index (κ3) is 3.62. The standard InChI is InChI=1S/C17H23N/c1-3-4-5-6-15-7-9-16(10-8-15)17-11-13-18(2)14-12-17/h7-10,17H,3,6,11-14H2,1-2H3. The zero-order valence-corrected chi connectivity index (χ0v) is 11.6. The van der Waals surface area contributed by atoms with Crippen LogP contribution >= 0.6 is 0 Å². The van der Waals surface area contributed by atoms with Crippen LogP contribution in [0.5, 0.6) is 0 Å². The molecule has 1 aromatic carbocycles. The first-order chi connectivity index (χ1) is 8.79. The molecule has 0 atom stereocenters. The number of piperidine rings is 1. The molecule has 0 N–H and O–H groups in total. The summed E-state index contributed by atoms with van der Waals surface area (Å²) in [5, 5.41) is 0. The van der Waals surface area contributed by atoms with Crippen LogP contribution in [0.3, 0.4) is 0 Å². The van der Waals surface area contributed by atoms with Gasteiger partial charge in [-0.2, -0.15) is 0 Å². The molecule has 1 saturated heterocycles. The third-order valence-electron chi connectivity index (χ3n) is 3.76. The lowest BCUT2D eigenvalue weighted by atomic mass is 9.89. The van der Waals surface area contributed by atoms with E-state index in [2.05, 4.69) is 55.0 Å². The fraction of sp³-hybridized carbons (Fsp3) is 0.529. The number of hydrogen-bond acceptors (Lipinski definition) is 1. The van der Waals surface area contributed by atoms with Gasteiger partial charge in [-0.15, -0.1) is 5.92 Å². The van der Waals surface area contributed by atoms with Crippen LogP contribution in [0.25, 0.3) is 0 Å². The number of rotatable bonds is 2. The van der Waals surface area contributed by atoms with E-state index in [0.29, 0.717) is 0 Å². The Hall–Kier alpha value is -1.26. The van der Waals surface area contributed by atoms with Gasteiger partial charge < -0.3 is 4.90 Å². The van der Waals surface area contributed by atoms with Gasteiger partial charge in [0.25, 0.3) is 0 Å². The van der Waals surface area contributed by atoms with Gasteiger partial charge in [-0.1, -0.05) is 37.1 Å². The second-order valence-corrected chi connectivity index (χ2v) is 5.20. The molecule has 1 fully saturated rings.